The molecule has 104 valence electrons. The van der Waals surface area contributed by atoms with Crippen molar-refractivity contribution in [2.75, 3.05) is 25.0 Å². The zero-order valence-corrected chi connectivity index (χ0v) is 11.4. The smallest absolute Gasteiger partial charge is 0.339 e. The topological polar surface area (TPSA) is 78.4 Å². The molecule has 2 N–H and O–H groups in total. The molecule has 6 nitrogen and oxygen atoms in total. The average molecular weight is 264 g/mol. The predicted octanol–water partition coefficient (Wildman–Crippen LogP) is 1.38. The van der Waals surface area contributed by atoms with Crippen molar-refractivity contribution >= 4 is 11.9 Å². The molecule has 1 aromatic heterocycles. The highest BCUT2D eigenvalue weighted by Gasteiger charge is 2.19. The molecule has 1 atom stereocenters. The molecule has 19 heavy (non-hydrogen) atoms. The summed E-state index contributed by atoms with van der Waals surface area (Å²) in [5, 5.41) is 12.2. The summed E-state index contributed by atoms with van der Waals surface area (Å²) in [7, 11) is 0. The van der Waals surface area contributed by atoms with E-state index in [0.29, 0.717) is 17.7 Å². The molecule has 0 aliphatic carbocycles. The third-order valence-corrected chi connectivity index (χ3v) is 3.50. The van der Waals surface area contributed by atoms with Crippen LogP contribution in [0.3, 0.4) is 0 Å². The van der Waals surface area contributed by atoms with E-state index < -0.39 is 5.97 Å². The van der Waals surface area contributed by atoms with Gasteiger partial charge in [0.25, 0.3) is 0 Å². The second-order valence-corrected chi connectivity index (χ2v) is 4.87. The average Bonchev–Trinajstić information content (AvgIpc) is 2.38. The van der Waals surface area contributed by atoms with Gasteiger partial charge in [0, 0.05) is 18.8 Å². The van der Waals surface area contributed by atoms with Crippen molar-refractivity contribution in [2.45, 2.75) is 32.7 Å². The Balaban J connectivity index is 2.03. The van der Waals surface area contributed by atoms with Crippen LogP contribution in [0.2, 0.25) is 0 Å². The fraction of sp³-hybridized carbons (Fsp3) is 0.615. The molecule has 1 fully saturated rings. The number of anilines is 1. The first-order chi connectivity index (χ1) is 9.10. The molecule has 0 aromatic carbocycles. The van der Waals surface area contributed by atoms with Gasteiger partial charge in [0.05, 0.1) is 11.3 Å². The van der Waals surface area contributed by atoms with Gasteiger partial charge >= 0.3 is 5.97 Å². The van der Waals surface area contributed by atoms with Crippen LogP contribution in [0.4, 0.5) is 5.95 Å². The van der Waals surface area contributed by atoms with Crippen molar-refractivity contribution in [3.63, 3.8) is 0 Å². The van der Waals surface area contributed by atoms with Gasteiger partial charge in [-0.05, 0) is 32.9 Å². The van der Waals surface area contributed by atoms with Crippen LogP contribution in [0, 0.1) is 6.92 Å². The number of nitrogens with one attached hydrogen (secondary N) is 1. The summed E-state index contributed by atoms with van der Waals surface area (Å²) in [6.45, 7) is 7.03. The summed E-state index contributed by atoms with van der Waals surface area (Å²) >= 11 is 0. The normalized spacial score (nSPS) is 20.2. The SMILES string of the molecule is CCN1CCCC(Nc2ncc(C(=O)O)c(C)n2)C1. The molecule has 0 radical (unpaired) electrons. The number of aromatic carboxylic acids is 1. The number of nitrogens with zero attached hydrogens (tertiary/aromatic N) is 3. The van der Waals surface area contributed by atoms with E-state index in [4.69, 9.17) is 5.11 Å². The van der Waals surface area contributed by atoms with E-state index in [1.165, 1.54) is 6.20 Å². The first kappa shape index (κ1) is 13.7. The fourth-order valence-electron chi connectivity index (χ4n) is 2.39. The molecular weight excluding hydrogens is 244 g/mol. The van der Waals surface area contributed by atoms with E-state index in [-0.39, 0.29) is 5.56 Å². The minimum Gasteiger partial charge on any atom is -0.478 e. The van der Waals surface area contributed by atoms with Gasteiger partial charge in [-0.15, -0.1) is 0 Å². The zero-order chi connectivity index (χ0) is 13.8. The summed E-state index contributed by atoms with van der Waals surface area (Å²) in [4.78, 5) is 21.6. The third-order valence-electron chi connectivity index (χ3n) is 3.50. The number of rotatable bonds is 4. The molecule has 1 aliphatic rings. The largest absolute Gasteiger partial charge is 0.478 e. The van der Waals surface area contributed by atoms with Crippen LogP contribution in [0.5, 0.6) is 0 Å². The van der Waals surface area contributed by atoms with Gasteiger partial charge in [-0.2, -0.15) is 0 Å². The second kappa shape index (κ2) is 5.97. The quantitative estimate of drug-likeness (QED) is 0.855. The van der Waals surface area contributed by atoms with Crippen molar-refractivity contribution < 1.29 is 9.90 Å². The van der Waals surface area contributed by atoms with Gasteiger partial charge in [-0.25, -0.2) is 14.8 Å². The molecule has 1 aromatic rings. The van der Waals surface area contributed by atoms with E-state index in [0.717, 1.165) is 32.5 Å². The number of likely N-dealkylation sites (N-methyl/N-ethyl adjacent to an activating group) is 1. The van der Waals surface area contributed by atoms with Gasteiger partial charge < -0.3 is 15.3 Å². The Bertz CT molecular complexity index is 464. The fourth-order valence-corrected chi connectivity index (χ4v) is 2.39. The maximum atomic E-state index is 10.9. The number of aryl methyl sites for hydroxylation is 1. The lowest BCUT2D eigenvalue weighted by Gasteiger charge is -2.32. The number of carbonyl (C=O) groups is 1. The molecular formula is C13H20N4O2. The minimum absolute atomic E-state index is 0.157. The summed E-state index contributed by atoms with van der Waals surface area (Å²) in [6, 6.07) is 0.337. The highest BCUT2D eigenvalue weighted by atomic mass is 16.4. The van der Waals surface area contributed by atoms with Gasteiger partial charge in [0.15, 0.2) is 0 Å². The number of carboxylic acids is 1. The van der Waals surface area contributed by atoms with Crippen LogP contribution >= 0.6 is 0 Å². The highest BCUT2D eigenvalue weighted by Crippen LogP contribution is 2.14. The van der Waals surface area contributed by atoms with Gasteiger partial charge in [0.1, 0.15) is 0 Å². The molecule has 0 bridgehead atoms. The van der Waals surface area contributed by atoms with Gasteiger partial charge in [-0.3, -0.25) is 0 Å². The second-order valence-electron chi connectivity index (χ2n) is 4.87. The highest BCUT2D eigenvalue weighted by molar-refractivity contribution is 5.88. The molecule has 6 heteroatoms. The molecule has 0 spiro atoms. The molecule has 0 saturated carbocycles. The van der Waals surface area contributed by atoms with Gasteiger partial charge in [0.2, 0.25) is 5.95 Å². The molecule has 2 rings (SSSR count). The Morgan fingerprint density at radius 1 is 1.63 bits per heavy atom. The van der Waals surface area contributed by atoms with Crippen LogP contribution in [0.15, 0.2) is 6.20 Å². The first-order valence-corrected chi connectivity index (χ1v) is 6.66. The first-order valence-electron chi connectivity index (χ1n) is 6.66. The number of piperidine rings is 1. The van der Waals surface area contributed by atoms with Crippen LogP contribution in [0.1, 0.15) is 35.8 Å². The maximum absolute atomic E-state index is 10.9. The van der Waals surface area contributed by atoms with Crippen LogP contribution in [-0.2, 0) is 0 Å². The molecule has 1 unspecified atom stereocenters. The van der Waals surface area contributed by atoms with E-state index in [1.54, 1.807) is 6.92 Å². The van der Waals surface area contributed by atoms with Crippen LogP contribution in [-0.4, -0.2) is 51.6 Å². The summed E-state index contributed by atoms with van der Waals surface area (Å²) in [6.07, 6.45) is 3.63. The van der Waals surface area contributed by atoms with Crippen molar-refractivity contribution in [1.82, 2.24) is 14.9 Å². The van der Waals surface area contributed by atoms with Gasteiger partial charge in [-0.1, -0.05) is 6.92 Å². The lowest BCUT2D eigenvalue weighted by Crippen LogP contribution is -2.42. The molecule has 1 saturated heterocycles. The van der Waals surface area contributed by atoms with E-state index in [1.807, 2.05) is 0 Å². The Kier molecular flexibility index (Phi) is 4.31. The van der Waals surface area contributed by atoms with E-state index in [2.05, 4.69) is 27.1 Å². The monoisotopic (exact) mass is 264 g/mol. The standard InChI is InChI=1S/C13H20N4O2/c1-3-17-6-4-5-10(8-17)16-13-14-7-11(12(18)19)9(2)15-13/h7,10H,3-6,8H2,1-2H3,(H,18,19)(H,14,15,16). The van der Waals surface area contributed by atoms with Crippen LogP contribution < -0.4 is 5.32 Å². The molecule has 2 heterocycles. The number of hydrogen-bond acceptors (Lipinski definition) is 5. The Hall–Kier alpha value is -1.69. The lowest BCUT2D eigenvalue weighted by atomic mass is 10.1. The third kappa shape index (κ3) is 3.41. The Morgan fingerprint density at radius 2 is 2.42 bits per heavy atom. The number of likely N-dealkylation sites (tertiary alicyclic amines) is 1. The Morgan fingerprint density at radius 3 is 3.05 bits per heavy atom. The number of carboxylic acid groups (broad SMARTS) is 1. The lowest BCUT2D eigenvalue weighted by molar-refractivity contribution is 0.0695. The van der Waals surface area contributed by atoms with E-state index >= 15 is 0 Å². The minimum atomic E-state index is -0.987. The summed E-state index contributed by atoms with van der Waals surface area (Å²) in [5.41, 5.74) is 0.650. The Labute approximate surface area is 112 Å². The van der Waals surface area contributed by atoms with E-state index in [9.17, 15) is 4.79 Å². The summed E-state index contributed by atoms with van der Waals surface area (Å²) in [5.74, 6) is -0.468. The molecule has 0 amide bonds. The predicted molar refractivity (Wildman–Crippen MR) is 72.5 cm³/mol. The zero-order valence-electron chi connectivity index (χ0n) is 11.4. The van der Waals surface area contributed by atoms with Crippen molar-refractivity contribution in [3.05, 3.63) is 17.5 Å². The number of aromatic nitrogens is 2. The van der Waals surface area contributed by atoms with Crippen molar-refractivity contribution in [1.29, 1.82) is 0 Å². The summed E-state index contributed by atoms with van der Waals surface area (Å²) < 4.78 is 0. The van der Waals surface area contributed by atoms with Crippen molar-refractivity contribution in [2.24, 2.45) is 0 Å². The number of hydrogen-bond donors (Lipinski definition) is 2. The van der Waals surface area contributed by atoms with Crippen LogP contribution in [0.25, 0.3) is 0 Å². The maximum Gasteiger partial charge on any atom is 0.339 e. The molecule has 1 aliphatic heterocycles. The van der Waals surface area contributed by atoms with Crippen molar-refractivity contribution in [3.8, 4) is 0 Å².